The largest absolute Gasteiger partial charge is 0.481 e. The van der Waals surface area contributed by atoms with Crippen LogP contribution in [0.4, 0.5) is 33.8 Å². The number of H-pyrrole nitrogens is 1. The molecule has 634 valence electrons. The van der Waals surface area contributed by atoms with Gasteiger partial charge in [-0.05, 0) is 145 Å². The molecule has 2 aliphatic carbocycles. The van der Waals surface area contributed by atoms with E-state index >= 15 is 0 Å². The van der Waals surface area contributed by atoms with Crippen LogP contribution in [0.2, 0.25) is 35.4 Å². The Balaban J connectivity index is 0.000000679. The van der Waals surface area contributed by atoms with Gasteiger partial charge in [-0.1, -0.05) is 96.1 Å². The molecule has 0 spiro atoms. The fourth-order valence-corrected chi connectivity index (χ4v) is 11.5. The van der Waals surface area contributed by atoms with Crippen molar-refractivity contribution in [3.8, 4) is 6.07 Å². The van der Waals surface area contributed by atoms with Crippen LogP contribution < -0.4 is 28.1 Å². The highest BCUT2D eigenvalue weighted by molar-refractivity contribution is 8.24. The van der Waals surface area contributed by atoms with Gasteiger partial charge in [-0.25, -0.2) is 77.0 Å². The van der Waals surface area contributed by atoms with E-state index in [0.29, 0.717) is 133 Å². The van der Waals surface area contributed by atoms with Gasteiger partial charge in [0.2, 0.25) is 34.2 Å². The predicted molar refractivity (Wildman–Crippen MR) is 447 cm³/mol. The lowest BCUT2D eigenvalue weighted by atomic mass is 9.88. The zero-order valence-electron chi connectivity index (χ0n) is 62.1. The number of anilines is 2. The van der Waals surface area contributed by atoms with Gasteiger partial charge >= 0.3 is 17.1 Å². The Morgan fingerprint density at radius 2 is 1.01 bits per heavy atom. The summed E-state index contributed by atoms with van der Waals surface area (Å²) < 4.78 is 90.2. The molecule has 46 heteroatoms. The average molecular weight is 1850 g/mol. The maximum Gasteiger partial charge on any atom is 0.376 e. The topological polar surface area (TPSA) is 479 Å². The lowest BCUT2D eigenvalue weighted by Gasteiger charge is -2.35. The predicted octanol–water partition coefficient (Wildman–Crippen LogP) is 20.4. The van der Waals surface area contributed by atoms with Crippen LogP contribution >= 0.6 is 120 Å². The lowest BCUT2D eigenvalue weighted by Crippen LogP contribution is -2.45. The third kappa shape index (κ3) is 26.7. The fraction of sp³-hybridized carbons (Fsp3) is 0.371. The number of aliphatic hydroxyl groups is 1. The van der Waals surface area contributed by atoms with Gasteiger partial charge in [-0.3, -0.25) is 24.3 Å². The third-order valence-electron chi connectivity index (χ3n) is 15.5. The van der Waals surface area contributed by atoms with E-state index in [4.69, 9.17) is 141 Å². The number of nitriles is 1. The van der Waals surface area contributed by atoms with Crippen LogP contribution in [0.5, 0.6) is 0 Å². The number of carboxylic acids is 1. The number of hydrogen-bond donors (Lipinski definition) is 8. The zero-order valence-corrected chi connectivity index (χ0v) is 70.6. The summed E-state index contributed by atoms with van der Waals surface area (Å²) in [7, 11) is 0. The molecule has 2 fully saturated rings. The van der Waals surface area contributed by atoms with Crippen LogP contribution in [-0.2, 0) is 23.6 Å². The molecule has 12 aromatic heterocycles. The van der Waals surface area contributed by atoms with Crippen molar-refractivity contribution < 1.29 is 80.0 Å². The number of carbonyl (C=O) groups excluding carboxylic acids is 2. The molecule has 11 N–H and O–H groups in total. The average Bonchev–Trinajstić information content (AvgIpc) is 1.62. The molecule has 2 aliphatic rings. The zero-order chi connectivity index (χ0) is 85.4. The summed E-state index contributed by atoms with van der Waals surface area (Å²) in [4.78, 5) is 86.1. The van der Waals surface area contributed by atoms with Gasteiger partial charge in [0.05, 0.1) is 112 Å². The number of fused-ring (bicyclic) bond motifs is 10. The SMILES string of the molecule is C.C.CC(=O)O.CCOC(=O)CO.CCOC(=O)c1oc2nc(C)c(Cl)c(C)c2c1N.Cc1nc(Cl)c(C#N)c(C)c1Cl.Cc1nc2oc3c(=O)[nH]cnc3c2c(C)c1Cl.Cc1nc2oc3c(Cl)ncnc3c2c(C)c1Cl.Cc1nc2oc3c(NC4CC(F)(F)C4)ncnc3c2c(C)c1Cl.F.N=CN.NC1CC(F)(F)C1.O=P(Cl)(Cl)Cl.[2HH]. The number of aliphatic hydroxyl groups excluding tert-OH is 1. The summed E-state index contributed by atoms with van der Waals surface area (Å²) >= 11 is 56.0. The van der Waals surface area contributed by atoms with Gasteiger partial charge in [0.15, 0.2) is 22.1 Å². The number of aryl methyl sites for hydroxylation is 9. The molecule has 0 amide bonds. The normalized spacial score (nSPS) is 12.7. The van der Waals surface area contributed by atoms with Crippen molar-refractivity contribution in [1.82, 2.24) is 54.8 Å². The summed E-state index contributed by atoms with van der Waals surface area (Å²) in [6.45, 7) is 22.7. The maximum atomic E-state index is 13.0. The lowest BCUT2D eigenvalue weighted by molar-refractivity contribution is -0.146. The van der Waals surface area contributed by atoms with E-state index in [9.17, 15) is 36.5 Å². The number of alkyl halides is 4. The number of aromatic amines is 1. The number of pyridine rings is 5. The Morgan fingerprint density at radius 3 is 1.39 bits per heavy atom. The summed E-state index contributed by atoms with van der Waals surface area (Å²) in [5.74, 6) is -6.64. The molecule has 0 saturated heterocycles. The molecular weight excluding hydrogens is 1770 g/mol. The molecule has 0 atom stereocenters. The van der Waals surface area contributed by atoms with Crippen molar-refractivity contribution >= 4 is 234 Å². The van der Waals surface area contributed by atoms with Gasteiger partial charge in [-0.2, -0.15) is 5.26 Å². The number of nitrogen functional groups attached to an aromatic ring is 1. The highest BCUT2D eigenvalue weighted by Crippen LogP contribution is 2.61. The number of halogens is 15. The molecular formula is C70H81Cl10F5N17O13P. The number of rotatable bonds is 6. The van der Waals surface area contributed by atoms with E-state index in [-0.39, 0.29) is 98.3 Å². The van der Waals surface area contributed by atoms with Gasteiger partial charge in [0.25, 0.3) is 23.4 Å². The number of aliphatic carboxylic acids is 1. The minimum absolute atomic E-state index is 0. The van der Waals surface area contributed by atoms with Crippen LogP contribution in [0, 0.1) is 86.0 Å². The summed E-state index contributed by atoms with van der Waals surface area (Å²) in [5, 5.41) is 35.8. The molecule has 14 rings (SSSR count). The molecule has 2 saturated carbocycles. The molecule has 0 bridgehead atoms. The highest BCUT2D eigenvalue weighted by atomic mass is 36.0. The third-order valence-corrected chi connectivity index (χ3v) is 18.8. The van der Waals surface area contributed by atoms with Crippen LogP contribution in [-0.4, -0.2) is 133 Å². The number of furan rings is 4. The van der Waals surface area contributed by atoms with E-state index in [2.05, 4.69) is 104 Å². The molecule has 12 aromatic rings. The Kier molecular flexibility index (Phi) is 40.0. The first-order valence-electron chi connectivity index (χ1n) is 32.5. The second kappa shape index (κ2) is 44.8. The number of carboxylic acid groups (broad SMARTS) is 1. The molecule has 0 unspecified atom stereocenters. The smallest absolute Gasteiger partial charge is 0.376 e. The number of nitrogens with zero attached hydrogens (tertiary/aromatic N) is 11. The van der Waals surface area contributed by atoms with E-state index in [1.807, 2.05) is 33.8 Å². The van der Waals surface area contributed by atoms with Crippen molar-refractivity contribution in [2.45, 2.75) is 154 Å². The number of nitrogens with two attached hydrogens (primary N) is 3. The Labute approximate surface area is 709 Å². The van der Waals surface area contributed by atoms with Crippen molar-refractivity contribution in [3.63, 3.8) is 0 Å². The van der Waals surface area contributed by atoms with Crippen LogP contribution in [0.3, 0.4) is 0 Å². The van der Waals surface area contributed by atoms with Crippen molar-refractivity contribution in [2.75, 3.05) is 30.9 Å². The van der Waals surface area contributed by atoms with Gasteiger partial charge in [0, 0.05) is 46.1 Å². The van der Waals surface area contributed by atoms with Crippen molar-refractivity contribution in [2.24, 2.45) is 11.5 Å². The number of aromatic nitrogens is 11. The summed E-state index contributed by atoms with van der Waals surface area (Å²) in [6.07, 6.45) is 4.21. The molecule has 0 aliphatic heterocycles. The molecule has 30 nitrogen and oxygen atoms in total. The molecule has 116 heavy (non-hydrogen) atoms. The van der Waals surface area contributed by atoms with Crippen LogP contribution in [0.1, 0.15) is 135 Å². The van der Waals surface area contributed by atoms with Crippen LogP contribution in [0.25, 0.3) is 77.7 Å². The van der Waals surface area contributed by atoms with Crippen LogP contribution in [0.15, 0.2) is 41.4 Å². The summed E-state index contributed by atoms with van der Waals surface area (Å²) in [6, 6.07) is 1.39. The number of ether oxygens (including phenoxy) is 2. The van der Waals surface area contributed by atoms with Gasteiger partial charge < -0.3 is 64.9 Å². The van der Waals surface area contributed by atoms with E-state index in [1.54, 1.807) is 55.4 Å². The standard InChI is InChI=1S/C15H13ClF2N4O.C12H13ClN2O3.C11H7Cl2N3O.C11H8ClN3O2.C8H6Cl2N2.C4H7F2N.C4H8O3.C2H4O2.CH4N2.2CH4.Cl3OP.FH.H2/c1-6-9-11-12(23-14(9)21-7(2)10(6)16)13(20-5-19-11)22-8-3-15(17,18)4-8;1-4-17-12(16)10-9(14)7-5(2)8(13)6(3)15-11(7)18-10;1-4-6-8-9(10(13)15-3-14-8)17-11(6)16-5(2)7(4)12;1-4-6-8-9(10(16)14-3-13-8)17-11(6)15-5(2)7(4)12;1-4-6(3-11)8(10)12-5(2)7(4)9;5-4(6)1-3(7)2-4;1-2-7-4(6)3-5;1-2(3)4;2-1-3;;;1-5(2,3)4;;/h5,8H,3-4H2,1-2H3,(H,19,20,22);4,14H2,1-3H3;3H,1-2H3;3H,1-2H3,(H,13,14,16);1-2H3;3H,1-2,7H2;5H,2-3H2,1H3;1H3,(H,3,4);1H,(H3,2,3);2*1H4;;2*1H/i;;;;;;;;;;;;;1+1. The number of hydrogen-bond acceptors (Lipinski definition) is 27. The second-order valence-corrected chi connectivity index (χ2v) is 33.1. The maximum absolute atomic E-state index is 13.0. The first-order chi connectivity index (χ1) is 52.6. The highest BCUT2D eigenvalue weighted by Gasteiger charge is 2.46. The Hall–Kier alpha value is -8.60. The minimum Gasteiger partial charge on any atom is -0.481 e. The fourth-order valence-electron chi connectivity index (χ4n) is 10.4. The monoisotopic (exact) mass is 1840 g/mol. The van der Waals surface area contributed by atoms with Gasteiger partial charge in [0.1, 0.15) is 47.0 Å². The summed E-state index contributed by atoms with van der Waals surface area (Å²) in [5.41, 5.74) is 27.3. The van der Waals surface area contributed by atoms with E-state index in [1.165, 1.54) is 19.0 Å². The number of carbonyl (C=O) groups is 3. The molecule has 0 aromatic carbocycles. The number of nitrogens with one attached hydrogen (secondary N) is 3. The van der Waals surface area contributed by atoms with Crippen molar-refractivity contribution in [1.29, 1.82) is 10.7 Å². The van der Waals surface area contributed by atoms with Crippen molar-refractivity contribution in [3.05, 3.63) is 132 Å². The Morgan fingerprint density at radius 1 is 0.647 bits per heavy atom. The first kappa shape index (κ1) is 103. The van der Waals surface area contributed by atoms with E-state index in [0.717, 1.165) is 52.0 Å². The molecule has 12 heterocycles. The molecule has 0 radical (unpaired) electrons. The van der Waals surface area contributed by atoms with E-state index < -0.39 is 41.6 Å². The first-order valence-corrected chi connectivity index (χ1v) is 39.6. The number of esters is 2. The second-order valence-electron chi connectivity index (χ2n) is 23.9. The quantitative estimate of drug-likeness (QED) is 0.0146. The Bertz CT molecular complexity index is 5680. The minimum atomic E-state index is -3.22. The van der Waals surface area contributed by atoms with Gasteiger partial charge in [-0.15, -0.1) is 0 Å².